The molecule has 0 aliphatic rings. The van der Waals surface area contributed by atoms with Crippen LogP contribution in [0, 0.1) is 0 Å². The molecule has 0 amide bonds. The highest BCUT2D eigenvalue weighted by Gasteiger charge is 2.31. The van der Waals surface area contributed by atoms with Crippen molar-refractivity contribution in [3.63, 3.8) is 0 Å². The van der Waals surface area contributed by atoms with Gasteiger partial charge < -0.3 is 10.1 Å². The van der Waals surface area contributed by atoms with E-state index in [1.807, 2.05) is 0 Å². The van der Waals surface area contributed by atoms with Gasteiger partial charge in [0.05, 0.1) is 6.54 Å². The van der Waals surface area contributed by atoms with Crippen LogP contribution in [0.5, 0.6) is 0 Å². The summed E-state index contributed by atoms with van der Waals surface area (Å²) in [6.07, 6.45) is -4.28. The smallest absolute Gasteiger partial charge is 0.401 e. The Bertz CT molecular complexity index is 272. The summed E-state index contributed by atoms with van der Waals surface area (Å²) in [6.45, 7) is 6.61. The number of hydrogen-bond donors (Lipinski definition) is 1. The van der Waals surface area contributed by atoms with E-state index in [1.165, 1.54) is 20.8 Å². The van der Waals surface area contributed by atoms with Gasteiger partial charge in [0.15, 0.2) is 0 Å². The molecule has 0 unspecified atom stereocenters. The molecule has 0 fully saturated rings. The fraction of sp³-hybridized carbons (Fsp3) is 0.700. The summed E-state index contributed by atoms with van der Waals surface area (Å²) in [5.74, 6) is -0.609. The summed E-state index contributed by atoms with van der Waals surface area (Å²) >= 11 is 0. The van der Waals surface area contributed by atoms with Crippen molar-refractivity contribution in [2.75, 3.05) is 13.2 Å². The number of rotatable bonds is 5. The third-order valence-electron chi connectivity index (χ3n) is 1.68. The maximum atomic E-state index is 11.9. The summed E-state index contributed by atoms with van der Waals surface area (Å²) in [5, 5.41) is 2.26. The number of nitrogens with one attached hydrogen (secondary N) is 1. The van der Waals surface area contributed by atoms with E-state index in [9.17, 15) is 18.0 Å². The summed E-state index contributed by atoms with van der Waals surface area (Å²) in [6, 6.07) is 0. The normalized spacial score (nSPS) is 12.4. The van der Waals surface area contributed by atoms with Crippen LogP contribution in [0.15, 0.2) is 12.2 Å². The number of ether oxygens (including phenoxy) is 1. The molecule has 0 atom stereocenters. The number of halogens is 3. The van der Waals surface area contributed by atoms with Gasteiger partial charge in [-0.1, -0.05) is 6.58 Å². The zero-order chi connectivity index (χ0) is 13.0. The highest BCUT2D eigenvalue weighted by molar-refractivity contribution is 5.86. The SMILES string of the molecule is C=C(C)C(=O)OCC(C)(C)NCC(F)(F)F. The maximum Gasteiger partial charge on any atom is 0.401 e. The molecule has 94 valence electrons. The average Bonchev–Trinajstić information content (AvgIpc) is 2.10. The van der Waals surface area contributed by atoms with Crippen molar-refractivity contribution in [2.24, 2.45) is 0 Å². The average molecular weight is 239 g/mol. The van der Waals surface area contributed by atoms with Crippen molar-refractivity contribution in [3.05, 3.63) is 12.2 Å². The van der Waals surface area contributed by atoms with E-state index < -0.39 is 24.2 Å². The van der Waals surface area contributed by atoms with E-state index in [-0.39, 0.29) is 12.2 Å². The lowest BCUT2D eigenvalue weighted by Crippen LogP contribution is -2.48. The molecule has 0 aliphatic heterocycles. The van der Waals surface area contributed by atoms with Crippen molar-refractivity contribution in [2.45, 2.75) is 32.5 Å². The third kappa shape index (κ3) is 7.28. The lowest BCUT2D eigenvalue weighted by atomic mass is 10.1. The first-order valence-corrected chi connectivity index (χ1v) is 4.68. The molecular weight excluding hydrogens is 223 g/mol. The van der Waals surface area contributed by atoms with E-state index in [4.69, 9.17) is 4.74 Å². The molecule has 16 heavy (non-hydrogen) atoms. The summed E-state index contributed by atoms with van der Waals surface area (Å²) in [7, 11) is 0. The topological polar surface area (TPSA) is 38.3 Å². The quantitative estimate of drug-likeness (QED) is 0.589. The molecule has 3 nitrogen and oxygen atoms in total. The van der Waals surface area contributed by atoms with Crippen LogP contribution in [-0.4, -0.2) is 30.8 Å². The zero-order valence-corrected chi connectivity index (χ0v) is 9.57. The molecule has 0 aromatic rings. The second-order valence-corrected chi connectivity index (χ2v) is 4.21. The Morgan fingerprint density at radius 2 is 1.88 bits per heavy atom. The molecule has 0 spiro atoms. The molecule has 0 aliphatic carbocycles. The molecule has 0 saturated carbocycles. The number of carbonyl (C=O) groups is 1. The van der Waals surface area contributed by atoms with Gasteiger partial charge >= 0.3 is 12.1 Å². The van der Waals surface area contributed by atoms with Crippen LogP contribution in [0.4, 0.5) is 13.2 Å². The van der Waals surface area contributed by atoms with Crippen LogP contribution in [-0.2, 0) is 9.53 Å². The van der Waals surface area contributed by atoms with Crippen LogP contribution in [0.2, 0.25) is 0 Å². The molecule has 0 aromatic heterocycles. The summed E-state index contributed by atoms with van der Waals surface area (Å²) in [5.41, 5.74) is -0.715. The van der Waals surface area contributed by atoms with Crippen molar-refractivity contribution in [1.29, 1.82) is 0 Å². The van der Waals surface area contributed by atoms with E-state index in [0.717, 1.165) is 0 Å². The Balaban J connectivity index is 4.05. The Morgan fingerprint density at radius 3 is 2.25 bits per heavy atom. The molecule has 0 bridgehead atoms. The number of alkyl halides is 3. The number of hydrogen-bond acceptors (Lipinski definition) is 3. The Labute approximate surface area is 92.7 Å². The zero-order valence-electron chi connectivity index (χ0n) is 9.57. The predicted molar refractivity (Wildman–Crippen MR) is 53.9 cm³/mol. The van der Waals surface area contributed by atoms with E-state index in [1.54, 1.807) is 0 Å². The van der Waals surface area contributed by atoms with E-state index in [0.29, 0.717) is 0 Å². The molecule has 0 aromatic carbocycles. The first-order valence-electron chi connectivity index (χ1n) is 4.68. The van der Waals surface area contributed by atoms with Gasteiger partial charge in [-0.3, -0.25) is 0 Å². The molecule has 0 saturated heterocycles. The van der Waals surface area contributed by atoms with Gasteiger partial charge in [0, 0.05) is 11.1 Å². The first kappa shape index (κ1) is 15.0. The van der Waals surface area contributed by atoms with E-state index >= 15 is 0 Å². The van der Waals surface area contributed by atoms with Gasteiger partial charge in [0.1, 0.15) is 6.61 Å². The van der Waals surface area contributed by atoms with Crippen molar-refractivity contribution in [3.8, 4) is 0 Å². The third-order valence-corrected chi connectivity index (χ3v) is 1.68. The van der Waals surface area contributed by atoms with Crippen LogP contribution in [0.25, 0.3) is 0 Å². The second kappa shape index (κ2) is 5.34. The first-order chi connectivity index (χ1) is 7.03. The Morgan fingerprint density at radius 1 is 1.38 bits per heavy atom. The van der Waals surface area contributed by atoms with E-state index in [2.05, 4.69) is 11.9 Å². The van der Waals surface area contributed by atoms with Crippen LogP contribution < -0.4 is 5.32 Å². The Kier molecular flexibility index (Phi) is 4.99. The van der Waals surface area contributed by atoms with Gasteiger partial charge in [-0.2, -0.15) is 13.2 Å². The molecule has 1 N–H and O–H groups in total. The molecule has 0 heterocycles. The standard InChI is InChI=1S/C10H16F3NO2/c1-7(2)8(15)16-6-9(3,4)14-5-10(11,12)13/h14H,1,5-6H2,2-4H3. The van der Waals surface area contributed by atoms with Gasteiger partial charge in [0.25, 0.3) is 0 Å². The second-order valence-electron chi connectivity index (χ2n) is 4.21. The lowest BCUT2D eigenvalue weighted by Gasteiger charge is -2.26. The summed E-state index contributed by atoms with van der Waals surface area (Å²) in [4.78, 5) is 11.0. The minimum atomic E-state index is -4.28. The predicted octanol–water partition coefficient (Wildman–Crippen LogP) is 2.04. The molecule has 0 radical (unpaired) electrons. The van der Waals surface area contributed by atoms with Crippen molar-refractivity contribution >= 4 is 5.97 Å². The number of carbonyl (C=O) groups excluding carboxylic acids is 1. The fourth-order valence-electron chi connectivity index (χ4n) is 0.760. The fourth-order valence-corrected chi connectivity index (χ4v) is 0.760. The minimum absolute atomic E-state index is 0.144. The van der Waals surface area contributed by atoms with Crippen LogP contribution in [0.3, 0.4) is 0 Å². The number of esters is 1. The summed E-state index contributed by atoms with van der Waals surface area (Å²) < 4.78 is 40.6. The lowest BCUT2D eigenvalue weighted by molar-refractivity contribution is -0.142. The van der Waals surface area contributed by atoms with Gasteiger partial charge in [0.2, 0.25) is 0 Å². The minimum Gasteiger partial charge on any atom is -0.460 e. The molecule has 6 heteroatoms. The Hall–Kier alpha value is -1.04. The van der Waals surface area contributed by atoms with Gasteiger partial charge in [-0.25, -0.2) is 4.79 Å². The van der Waals surface area contributed by atoms with Gasteiger partial charge in [-0.15, -0.1) is 0 Å². The maximum absolute atomic E-state index is 11.9. The highest BCUT2D eigenvalue weighted by Crippen LogP contribution is 2.15. The van der Waals surface area contributed by atoms with Crippen molar-refractivity contribution < 1.29 is 22.7 Å². The van der Waals surface area contributed by atoms with Crippen LogP contribution >= 0.6 is 0 Å². The largest absolute Gasteiger partial charge is 0.460 e. The van der Waals surface area contributed by atoms with Crippen molar-refractivity contribution in [1.82, 2.24) is 5.32 Å². The molecular formula is C10H16F3NO2. The molecule has 0 rings (SSSR count). The van der Waals surface area contributed by atoms with Crippen LogP contribution in [0.1, 0.15) is 20.8 Å². The monoisotopic (exact) mass is 239 g/mol. The van der Waals surface area contributed by atoms with Gasteiger partial charge in [-0.05, 0) is 20.8 Å². The highest BCUT2D eigenvalue weighted by atomic mass is 19.4.